The van der Waals surface area contributed by atoms with Crippen LogP contribution < -0.4 is 26.6 Å². The number of carbonyl (C=O) groups excluding carboxylic acids is 1. The molecule has 0 bridgehead atoms. The maximum absolute atomic E-state index is 13.6. The van der Waals surface area contributed by atoms with Gasteiger partial charge in [-0.2, -0.15) is 0 Å². The minimum absolute atomic E-state index is 0.0288. The highest BCUT2D eigenvalue weighted by atomic mass is 16.1. The molecule has 0 amide bonds. The average Bonchev–Trinajstić information content (AvgIpc) is 3.91. The molecule has 1 saturated heterocycles. The average molecular weight is 753 g/mol. The summed E-state index contributed by atoms with van der Waals surface area (Å²) >= 11 is 0. The second kappa shape index (κ2) is 26.1. The van der Waals surface area contributed by atoms with Crippen LogP contribution in [0.25, 0.3) is 0 Å². The van der Waals surface area contributed by atoms with Gasteiger partial charge in [-0.15, -0.1) is 0 Å². The van der Waals surface area contributed by atoms with Gasteiger partial charge in [0.15, 0.2) is 5.78 Å². The molecule has 0 aromatic heterocycles. The lowest BCUT2D eigenvalue weighted by atomic mass is 9.74. The number of likely N-dealkylation sites (tertiary alicyclic amines) is 1. The molecule has 3 fully saturated rings. The van der Waals surface area contributed by atoms with Gasteiger partial charge in [0, 0.05) is 42.3 Å². The molecule has 7 nitrogen and oxygen atoms in total. The van der Waals surface area contributed by atoms with E-state index < -0.39 is 0 Å². The van der Waals surface area contributed by atoms with Crippen molar-refractivity contribution < 1.29 is 4.79 Å². The van der Waals surface area contributed by atoms with Crippen LogP contribution >= 0.6 is 0 Å². The van der Waals surface area contributed by atoms with Crippen molar-refractivity contribution in [3.63, 3.8) is 0 Å². The van der Waals surface area contributed by atoms with Gasteiger partial charge in [0.2, 0.25) is 0 Å². The minimum atomic E-state index is -0.331. The second-order valence-corrected chi connectivity index (χ2v) is 16.8. The molecular formula is C47H88N6O. The molecular weight excluding hydrogens is 665 g/mol. The number of hydrogen-bond donors (Lipinski definition) is 5. The Labute approximate surface area is 335 Å². The minimum Gasteiger partial charge on any atom is -0.389 e. The summed E-state index contributed by atoms with van der Waals surface area (Å²) < 4.78 is 0. The molecule has 5 N–H and O–H groups in total. The van der Waals surface area contributed by atoms with E-state index in [1.165, 1.54) is 32.1 Å². The first-order valence-corrected chi connectivity index (χ1v) is 22.3. The molecule has 7 heteroatoms. The second-order valence-electron chi connectivity index (χ2n) is 16.8. The van der Waals surface area contributed by atoms with Crippen LogP contribution in [0.2, 0.25) is 0 Å². The van der Waals surface area contributed by atoms with Crippen molar-refractivity contribution in [1.29, 1.82) is 0 Å². The van der Waals surface area contributed by atoms with Crippen LogP contribution in [0.5, 0.6) is 0 Å². The van der Waals surface area contributed by atoms with E-state index >= 15 is 0 Å². The SMILES string of the molecule is C=C(CCC(NC(=C)NC(C(=C)N1CC[C@H](CC)C1C(=C)NC(CCC)C(=O)C(=C)NC1CC1)C1(C)CCCCCC1)C(C)C)NCCC.CC.CCC. The van der Waals surface area contributed by atoms with Gasteiger partial charge in [-0.05, 0) is 75.0 Å². The maximum Gasteiger partial charge on any atom is 0.200 e. The Hall–Kier alpha value is -2.83. The summed E-state index contributed by atoms with van der Waals surface area (Å²) in [6.07, 6.45) is 17.7. The third kappa shape index (κ3) is 16.1. The van der Waals surface area contributed by atoms with Crippen molar-refractivity contribution in [2.45, 2.75) is 202 Å². The zero-order chi connectivity index (χ0) is 40.8. The third-order valence-corrected chi connectivity index (χ3v) is 11.4. The summed E-state index contributed by atoms with van der Waals surface area (Å²) in [6, 6.07) is 0.446. The van der Waals surface area contributed by atoms with Crippen LogP contribution in [0.4, 0.5) is 0 Å². The van der Waals surface area contributed by atoms with Gasteiger partial charge in [0.25, 0.3) is 0 Å². The molecule has 2 aliphatic carbocycles. The van der Waals surface area contributed by atoms with Crippen molar-refractivity contribution in [1.82, 2.24) is 31.5 Å². The van der Waals surface area contributed by atoms with Crippen molar-refractivity contribution >= 4 is 5.78 Å². The van der Waals surface area contributed by atoms with Crippen LogP contribution in [0, 0.1) is 17.3 Å². The fourth-order valence-electron chi connectivity index (χ4n) is 8.08. The Morgan fingerprint density at radius 2 is 1.44 bits per heavy atom. The van der Waals surface area contributed by atoms with E-state index in [9.17, 15) is 4.79 Å². The molecule has 0 aromatic carbocycles. The summed E-state index contributed by atoms with van der Waals surface area (Å²) in [5.74, 6) is 1.82. The maximum atomic E-state index is 13.6. The normalized spacial score (nSPS) is 20.7. The smallest absolute Gasteiger partial charge is 0.200 e. The van der Waals surface area contributed by atoms with E-state index in [1.54, 1.807) is 0 Å². The fraction of sp³-hybridized carbons (Fsp3) is 0.766. The zero-order valence-electron chi connectivity index (χ0n) is 37.2. The van der Waals surface area contributed by atoms with E-state index in [4.69, 9.17) is 6.58 Å². The number of carbonyl (C=O) groups is 1. The van der Waals surface area contributed by atoms with Gasteiger partial charge >= 0.3 is 0 Å². The molecule has 0 radical (unpaired) electrons. The molecule has 5 atom stereocenters. The summed E-state index contributed by atoms with van der Waals surface area (Å²) in [7, 11) is 0. The van der Waals surface area contributed by atoms with E-state index in [0.29, 0.717) is 23.6 Å². The third-order valence-electron chi connectivity index (χ3n) is 11.4. The number of allylic oxidation sites excluding steroid dienone is 1. The van der Waals surface area contributed by atoms with Crippen molar-refractivity contribution in [2.75, 3.05) is 13.1 Å². The summed E-state index contributed by atoms with van der Waals surface area (Å²) in [5.41, 5.74) is 3.72. The summed E-state index contributed by atoms with van der Waals surface area (Å²) in [6.45, 7) is 46.2. The highest BCUT2D eigenvalue weighted by Crippen LogP contribution is 2.43. The van der Waals surface area contributed by atoms with Crippen molar-refractivity contribution in [3.8, 4) is 0 Å². The van der Waals surface area contributed by atoms with Crippen LogP contribution in [-0.4, -0.2) is 54.0 Å². The van der Waals surface area contributed by atoms with Crippen LogP contribution in [0.15, 0.2) is 61.5 Å². The van der Waals surface area contributed by atoms with Crippen molar-refractivity contribution in [3.05, 3.63) is 61.5 Å². The van der Waals surface area contributed by atoms with Gasteiger partial charge in [-0.25, -0.2) is 0 Å². The Kier molecular flexibility index (Phi) is 23.8. The first-order valence-electron chi connectivity index (χ1n) is 22.3. The first kappa shape index (κ1) is 49.2. The molecule has 2 saturated carbocycles. The zero-order valence-corrected chi connectivity index (χ0v) is 37.2. The molecule has 4 unspecified atom stereocenters. The summed E-state index contributed by atoms with van der Waals surface area (Å²) in [5, 5.41) is 18.2. The molecule has 54 heavy (non-hydrogen) atoms. The highest BCUT2D eigenvalue weighted by Gasteiger charge is 2.44. The Bertz CT molecular complexity index is 1150. The van der Waals surface area contributed by atoms with Crippen LogP contribution in [0.3, 0.4) is 0 Å². The van der Waals surface area contributed by atoms with E-state index in [0.717, 1.165) is 107 Å². The van der Waals surface area contributed by atoms with E-state index in [1.807, 2.05) is 13.8 Å². The standard InChI is InChI=1S/C42H74N6O.C3H8.C2H6/c1-12-19-38(40(49)32(8)44-36-21-22-36)45-31(7)39-35(14-3)24-28-48(39)33(9)41(42(11)25-17-15-16-18-26-42)47-34(10)46-37(29(4)5)23-20-30(6)43-27-13-2;1-3-2;1-2/h29,35-39,41,43-47H,6-10,12-28H2,1-5,11H3;3H2,1-2H3;1-2H3/t35-,37?,38?,39?,41?;;/m0../s1. The lowest BCUT2D eigenvalue weighted by Gasteiger charge is -2.45. The molecule has 0 spiro atoms. The van der Waals surface area contributed by atoms with Gasteiger partial charge in [-0.1, -0.05) is 147 Å². The number of hydrogen-bond acceptors (Lipinski definition) is 7. The number of ketones is 1. The number of rotatable bonds is 24. The predicted octanol–water partition coefficient (Wildman–Crippen LogP) is 10.8. The topological polar surface area (TPSA) is 80.5 Å². The van der Waals surface area contributed by atoms with Crippen LogP contribution in [-0.2, 0) is 4.79 Å². The Morgan fingerprint density at radius 3 is 1.96 bits per heavy atom. The van der Waals surface area contributed by atoms with Gasteiger partial charge in [0.05, 0.1) is 29.6 Å². The number of nitrogens with one attached hydrogen (secondary N) is 5. The number of nitrogens with zero attached hydrogens (tertiary/aromatic N) is 1. The Balaban J connectivity index is 0.00000277. The highest BCUT2D eigenvalue weighted by molar-refractivity contribution is 5.98. The molecule has 312 valence electrons. The summed E-state index contributed by atoms with van der Waals surface area (Å²) in [4.78, 5) is 16.1. The molecule has 1 aliphatic heterocycles. The van der Waals surface area contributed by atoms with Crippen LogP contribution in [0.1, 0.15) is 172 Å². The molecule has 3 rings (SSSR count). The predicted molar refractivity (Wildman–Crippen MR) is 237 cm³/mol. The van der Waals surface area contributed by atoms with Gasteiger partial charge in [0.1, 0.15) is 0 Å². The molecule has 1 heterocycles. The lowest BCUT2D eigenvalue weighted by Crippen LogP contribution is -2.53. The quantitative estimate of drug-likeness (QED) is 0.0496. The van der Waals surface area contributed by atoms with Crippen molar-refractivity contribution in [2.24, 2.45) is 17.3 Å². The van der Waals surface area contributed by atoms with E-state index in [-0.39, 0.29) is 35.4 Å². The fourth-order valence-corrected chi connectivity index (χ4v) is 8.08. The lowest BCUT2D eigenvalue weighted by molar-refractivity contribution is -0.117. The first-order chi connectivity index (χ1) is 25.8. The molecule has 3 aliphatic rings. The molecule has 0 aromatic rings. The Morgan fingerprint density at radius 1 is 0.833 bits per heavy atom. The van der Waals surface area contributed by atoms with E-state index in [2.05, 4.69) is 113 Å². The number of Topliss-reactive ketones (excluding diaryl/α,β-unsaturated/α-hetero) is 1. The monoisotopic (exact) mass is 753 g/mol. The van der Waals surface area contributed by atoms with Gasteiger partial charge < -0.3 is 31.5 Å². The largest absolute Gasteiger partial charge is 0.389 e. The van der Waals surface area contributed by atoms with Gasteiger partial charge in [-0.3, -0.25) is 4.79 Å².